The van der Waals surface area contributed by atoms with Crippen LogP contribution in [0.2, 0.25) is 0 Å². The molecule has 2 aromatic rings. The van der Waals surface area contributed by atoms with Crippen LogP contribution in [0.4, 0.5) is 0 Å². The summed E-state index contributed by atoms with van der Waals surface area (Å²) < 4.78 is 5.62. The monoisotopic (exact) mass is 259 g/mol. The van der Waals surface area contributed by atoms with Crippen molar-refractivity contribution in [1.29, 1.82) is 0 Å². The molecule has 0 saturated carbocycles. The van der Waals surface area contributed by atoms with Crippen molar-refractivity contribution in [3.8, 4) is 0 Å². The largest absolute Gasteiger partial charge is 0.465 e. The summed E-state index contributed by atoms with van der Waals surface area (Å²) in [6.45, 7) is 4.70. The zero-order chi connectivity index (χ0) is 13.8. The Morgan fingerprint density at radius 2 is 2.16 bits per heavy atom. The lowest BCUT2D eigenvalue weighted by molar-refractivity contribution is 0.195. The van der Waals surface area contributed by atoms with Gasteiger partial charge in [0.1, 0.15) is 11.5 Å². The fourth-order valence-corrected chi connectivity index (χ4v) is 2.42. The van der Waals surface area contributed by atoms with Crippen LogP contribution in [0, 0.1) is 6.92 Å². The minimum absolute atomic E-state index is 0.0188. The van der Waals surface area contributed by atoms with E-state index in [9.17, 15) is 0 Å². The first kappa shape index (κ1) is 13.8. The predicted molar refractivity (Wildman–Crippen MR) is 75.5 cm³/mol. The summed E-state index contributed by atoms with van der Waals surface area (Å²) >= 11 is 0. The van der Waals surface area contributed by atoms with E-state index in [1.165, 1.54) is 0 Å². The fraction of sp³-hybridized carbons (Fsp3) is 0.400. The third-order valence-electron chi connectivity index (χ3n) is 3.20. The van der Waals surface area contributed by atoms with Crippen LogP contribution >= 0.6 is 0 Å². The van der Waals surface area contributed by atoms with Gasteiger partial charge in [0.2, 0.25) is 0 Å². The van der Waals surface area contributed by atoms with Crippen molar-refractivity contribution in [2.24, 2.45) is 5.73 Å². The number of aryl methyl sites for hydroxylation is 1. The Morgan fingerprint density at radius 1 is 1.37 bits per heavy atom. The SMILES string of the molecule is Cc1ccc(CN(C)C(c2cccnc2)C(C)N)o1. The molecule has 4 heteroatoms. The second-order valence-electron chi connectivity index (χ2n) is 5.02. The van der Waals surface area contributed by atoms with Gasteiger partial charge in [-0.2, -0.15) is 0 Å². The highest BCUT2D eigenvalue weighted by Crippen LogP contribution is 2.23. The number of hydrogen-bond donors (Lipinski definition) is 1. The van der Waals surface area contributed by atoms with Gasteiger partial charge in [-0.1, -0.05) is 6.07 Å². The number of rotatable bonds is 5. The van der Waals surface area contributed by atoms with Gasteiger partial charge in [-0.25, -0.2) is 0 Å². The van der Waals surface area contributed by atoms with E-state index >= 15 is 0 Å². The van der Waals surface area contributed by atoms with Gasteiger partial charge in [0, 0.05) is 18.4 Å². The minimum atomic E-state index is 0.0188. The maximum Gasteiger partial charge on any atom is 0.118 e. The van der Waals surface area contributed by atoms with Crippen molar-refractivity contribution in [3.05, 3.63) is 53.7 Å². The lowest BCUT2D eigenvalue weighted by Gasteiger charge is -2.30. The van der Waals surface area contributed by atoms with Gasteiger partial charge in [0.25, 0.3) is 0 Å². The molecule has 2 rings (SSSR count). The fourth-order valence-electron chi connectivity index (χ4n) is 2.42. The Morgan fingerprint density at radius 3 is 2.68 bits per heavy atom. The molecule has 0 amide bonds. The first-order chi connectivity index (χ1) is 9.08. The first-order valence-corrected chi connectivity index (χ1v) is 6.49. The highest BCUT2D eigenvalue weighted by atomic mass is 16.3. The normalized spacial score (nSPS) is 14.6. The van der Waals surface area contributed by atoms with Crippen LogP contribution in [0.5, 0.6) is 0 Å². The smallest absolute Gasteiger partial charge is 0.118 e. The lowest BCUT2D eigenvalue weighted by atomic mass is 10.0. The van der Waals surface area contributed by atoms with Crippen LogP contribution in [0.1, 0.15) is 30.0 Å². The molecule has 2 unspecified atom stereocenters. The number of aromatic nitrogens is 1. The van der Waals surface area contributed by atoms with Crippen molar-refractivity contribution in [1.82, 2.24) is 9.88 Å². The summed E-state index contributed by atoms with van der Waals surface area (Å²) in [6, 6.07) is 8.13. The quantitative estimate of drug-likeness (QED) is 0.896. The molecule has 2 heterocycles. The highest BCUT2D eigenvalue weighted by Gasteiger charge is 2.22. The van der Waals surface area contributed by atoms with Gasteiger partial charge in [-0.05, 0) is 44.7 Å². The minimum Gasteiger partial charge on any atom is -0.465 e. The third-order valence-corrected chi connectivity index (χ3v) is 3.20. The maximum atomic E-state index is 6.13. The number of nitrogens with zero attached hydrogens (tertiary/aromatic N) is 2. The van der Waals surface area contributed by atoms with E-state index in [1.807, 2.05) is 38.2 Å². The number of likely N-dealkylation sites (N-methyl/N-ethyl adjacent to an activating group) is 1. The van der Waals surface area contributed by atoms with E-state index in [-0.39, 0.29) is 12.1 Å². The van der Waals surface area contributed by atoms with E-state index in [1.54, 1.807) is 6.20 Å². The van der Waals surface area contributed by atoms with Crippen LogP contribution in [-0.2, 0) is 6.54 Å². The van der Waals surface area contributed by atoms with Crippen molar-refractivity contribution in [3.63, 3.8) is 0 Å². The molecule has 0 radical (unpaired) electrons. The first-order valence-electron chi connectivity index (χ1n) is 6.49. The molecule has 4 nitrogen and oxygen atoms in total. The van der Waals surface area contributed by atoms with E-state index < -0.39 is 0 Å². The van der Waals surface area contributed by atoms with E-state index in [0.29, 0.717) is 0 Å². The predicted octanol–water partition coefficient (Wildman–Crippen LogP) is 2.50. The molecule has 102 valence electrons. The zero-order valence-electron chi connectivity index (χ0n) is 11.7. The molecule has 0 aliphatic rings. The number of hydrogen-bond acceptors (Lipinski definition) is 4. The van der Waals surface area contributed by atoms with Crippen LogP contribution < -0.4 is 5.73 Å². The summed E-state index contributed by atoms with van der Waals surface area (Å²) in [4.78, 5) is 6.37. The van der Waals surface area contributed by atoms with Crippen LogP contribution in [0.15, 0.2) is 41.1 Å². The number of nitrogens with two attached hydrogens (primary N) is 1. The van der Waals surface area contributed by atoms with Crippen molar-refractivity contribution < 1.29 is 4.42 Å². The van der Waals surface area contributed by atoms with Crippen LogP contribution in [0.3, 0.4) is 0 Å². The summed E-state index contributed by atoms with van der Waals surface area (Å²) in [5.41, 5.74) is 7.26. The molecule has 2 atom stereocenters. The molecular formula is C15H21N3O. The van der Waals surface area contributed by atoms with Crippen LogP contribution in [0.25, 0.3) is 0 Å². The molecule has 0 aliphatic carbocycles. The highest BCUT2D eigenvalue weighted by molar-refractivity contribution is 5.16. The van der Waals surface area contributed by atoms with E-state index in [2.05, 4.69) is 23.0 Å². The molecule has 0 spiro atoms. The van der Waals surface area contributed by atoms with Crippen molar-refractivity contribution in [2.75, 3.05) is 7.05 Å². The van der Waals surface area contributed by atoms with E-state index in [4.69, 9.17) is 10.2 Å². The average molecular weight is 259 g/mol. The summed E-state index contributed by atoms with van der Waals surface area (Å²) in [7, 11) is 2.05. The number of furan rings is 1. The van der Waals surface area contributed by atoms with E-state index in [0.717, 1.165) is 23.6 Å². The molecule has 0 fully saturated rings. The Kier molecular flexibility index (Phi) is 4.35. The second-order valence-corrected chi connectivity index (χ2v) is 5.02. The third kappa shape index (κ3) is 3.43. The van der Waals surface area contributed by atoms with Gasteiger partial charge in [-0.15, -0.1) is 0 Å². The van der Waals surface area contributed by atoms with Gasteiger partial charge >= 0.3 is 0 Å². The molecule has 0 aliphatic heterocycles. The van der Waals surface area contributed by atoms with Crippen LogP contribution in [-0.4, -0.2) is 23.0 Å². The summed E-state index contributed by atoms with van der Waals surface area (Å²) in [5.74, 6) is 1.89. The van der Waals surface area contributed by atoms with Gasteiger partial charge in [-0.3, -0.25) is 9.88 Å². The molecule has 0 bridgehead atoms. The van der Waals surface area contributed by atoms with Gasteiger partial charge in [0.15, 0.2) is 0 Å². The Balaban J connectivity index is 2.15. The van der Waals surface area contributed by atoms with Gasteiger partial charge < -0.3 is 10.2 Å². The Hall–Kier alpha value is -1.65. The zero-order valence-corrected chi connectivity index (χ0v) is 11.7. The molecule has 19 heavy (non-hydrogen) atoms. The van der Waals surface area contributed by atoms with Gasteiger partial charge in [0.05, 0.1) is 12.6 Å². The van der Waals surface area contributed by atoms with Crippen molar-refractivity contribution >= 4 is 0 Å². The Labute approximate surface area is 114 Å². The lowest BCUT2D eigenvalue weighted by Crippen LogP contribution is -2.36. The standard InChI is InChI=1S/C15H21N3O/c1-11-6-7-14(19-11)10-18(3)15(12(2)16)13-5-4-8-17-9-13/h4-9,12,15H,10,16H2,1-3H3. The maximum absolute atomic E-state index is 6.13. The Bertz CT molecular complexity index is 507. The topological polar surface area (TPSA) is 55.3 Å². The molecule has 2 N–H and O–H groups in total. The molecule has 2 aromatic heterocycles. The number of pyridine rings is 1. The second kappa shape index (κ2) is 5.99. The van der Waals surface area contributed by atoms with Crippen molar-refractivity contribution in [2.45, 2.75) is 32.5 Å². The molecular weight excluding hydrogens is 238 g/mol. The average Bonchev–Trinajstić information content (AvgIpc) is 2.75. The summed E-state index contributed by atoms with van der Waals surface area (Å²) in [5, 5.41) is 0. The molecule has 0 aromatic carbocycles. The molecule has 0 saturated heterocycles. The summed E-state index contributed by atoms with van der Waals surface area (Å²) in [6.07, 6.45) is 3.65.